The minimum Gasteiger partial charge on any atom is -0.497 e. The fourth-order valence-corrected chi connectivity index (χ4v) is 6.19. The Labute approximate surface area is 243 Å². The quantitative estimate of drug-likeness (QED) is 0.292. The van der Waals surface area contributed by atoms with Crippen molar-refractivity contribution < 1.29 is 33.8 Å². The second-order valence-electron chi connectivity index (χ2n) is 12.5. The Morgan fingerprint density at radius 2 is 1.66 bits per heavy atom. The molecule has 9 nitrogen and oxygen atoms in total. The Bertz CT molecular complexity index is 1070. The van der Waals surface area contributed by atoms with Crippen molar-refractivity contribution in [3.63, 3.8) is 0 Å². The van der Waals surface area contributed by atoms with E-state index < -0.39 is 23.6 Å². The summed E-state index contributed by atoms with van der Waals surface area (Å²) in [6.07, 6.45) is 7.14. The fourth-order valence-electron chi connectivity index (χ4n) is 6.19. The number of aliphatic hydroxyl groups excluding tert-OH is 1. The van der Waals surface area contributed by atoms with Crippen molar-refractivity contribution in [2.75, 3.05) is 13.7 Å². The standard InChI is InChI=1S/C32H46N2O7/c1-20(33-30(38)23-10-12-25(35)13-11-23)28(36)18-24(16-22-8-14-26(40-3)15-9-22)31(39)34-27(17-21-6-4-5-7-21)29(37)32(2)19-41-32/h8-9,14-15,20-21,23-25,27,35H,4-7,10-13,16-19H2,1-3H3,(H,33,38)(H,34,39). The predicted molar refractivity (Wildman–Crippen MR) is 153 cm³/mol. The smallest absolute Gasteiger partial charge is 0.224 e. The van der Waals surface area contributed by atoms with Gasteiger partial charge in [0.05, 0.1) is 31.9 Å². The third-order valence-electron chi connectivity index (χ3n) is 9.14. The lowest BCUT2D eigenvalue weighted by atomic mass is 9.86. The lowest BCUT2D eigenvalue weighted by Gasteiger charge is -2.27. The zero-order valence-electron chi connectivity index (χ0n) is 24.7. The molecule has 3 N–H and O–H groups in total. The molecule has 1 aliphatic heterocycles. The van der Waals surface area contributed by atoms with Crippen LogP contribution in [0.3, 0.4) is 0 Å². The second kappa shape index (κ2) is 13.9. The van der Waals surface area contributed by atoms with Crippen molar-refractivity contribution in [2.24, 2.45) is 17.8 Å². The Hall–Kier alpha value is -2.78. The predicted octanol–water partition coefficient (Wildman–Crippen LogP) is 3.29. The van der Waals surface area contributed by atoms with Gasteiger partial charge in [0.15, 0.2) is 11.6 Å². The molecule has 1 aromatic carbocycles. The third-order valence-corrected chi connectivity index (χ3v) is 9.14. The van der Waals surface area contributed by atoms with E-state index in [1.807, 2.05) is 24.3 Å². The van der Waals surface area contributed by atoms with Gasteiger partial charge >= 0.3 is 0 Å². The average Bonchev–Trinajstić information content (AvgIpc) is 3.50. The topological polar surface area (TPSA) is 134 Å². The van der Waals surface area contributed by atoms with Crippen molar-refractivity contribution >= 4 is 23.4 Å². The molecule has 0 aromatic heterocycles. The fraction of sp³-hybridized carbons (Fsp3) is 0.688. The van der Waals surface area contributed by atoms with Gasteiger partial charge in [-0.2, -0.15) is 0 Å². The zero-order valence-corrected chi connectivity index (χ0v) is 24.7. The highest BCUT2D eigenvalue weighted by molar-refractivity contribution is 5.98. The molecule has 1 aromatic rings. The largest absolute Gasteiger partial charge is 0.497 e. The number of ketones is 2. The van der Waals surface area contributed by atoms with Crippen LogP contribution < -0.4 is 15.4 Å². The highest BCUT2D eigenvalue weighted by Crippen LogP contribution is 2.34. The van der Waals surface area contributed by atoms with Crippen LogP contribution in [0.5, 0.6) is 5.75 Å². The molecule has 0 bridgehead atoms. The Morgan fingerprint density at radius 3 is 2.24 bits per heavy atom. The van der Waals surface area contributed by atoms with Crippen molar-refractivity contribution in [2.45, 2.75) is 108 Å². The van der Waals surface area contributed by atoms with Crippen LogP contribution in [-0.4, -0.2) is 66.0 Å². The van der Waals surface area contributed by atoms with E-state index in [4.69, 9.17) is 9.47 Å². The maximum Gasteiger partial charge on any atom is 0.224 e. The first-order valence-electron chi connectivity index (χ1n) is 15.2. The van der Waals surface area contributed by atoms with E-state index in [9.17, 15) is 24.3 Å². The highest BCUT2D eigenvalue weighted by Gasteiger charge is 2.50. The summed E-state index contributed by atoms with van der Waals surface area (Å²) in [5.41, 5.74) is 0.0126. The number of carbonyl (C=O) groups is 4. The molecule has 9 heteroatoms. The van der Waals surface area contributed by atoms with E-state index in [1.54, 1.807) is 21.0 Å². The summed E-state index contributed by atoms with van der Waals surface area (Å²) in [5.74, 6) is -0.734. The van der Waals surface area contributed by atoms with E-state index in [0.29, 0.717) is 56.8 Å². The van der Waals surface area contributed by atoms with Crippen LogP contribution in [0.2, 0.25) is 0 Å². The molecule has 1 saturated heterocycles. The summed E-state index contributed by atoms with van der Waals surface area (Å²) in [6, 6.07) is 5.95. The van der Waals surface area contributed by atoms with Crippen LogP contribution in [-0.2, 0) is 30.3 Å². The summed E-state index contributed by atoms with van der Waals surface area (Å²) in [4.78, 5) is 53.2. The monoisotopic (exact) mass is 570 g/mol. The van der Waals surface area contributed by atoms with E-state index >= 15 is 0 Å². The van der Waals surface area contributed by atoms with Gasteiger partial charge in [-0.3, -0.25) is 19.2 Å². The SMILES string of the molecule is COc1ccc(CC(CC(=O)C(C)NC(=O)C2CCC(O)CC2)C(=O)NC(CC2CCCC2)C(=O)C2(C)CO2)cc1. The molecule has 4 unspecified atom stereocenters. The Morgan fingerprint density at radius 1 is 1.02 bits per heavy atom. The molecule has 3 aliphatic rings. The number of amides is 2. The Balaban J connectivity index is 1.45. The minimum atomic E-state index is -0.855. The van der Waals surface area contributed by atoms with Crippen LogP contribution in [0.4, 0.5) is 0 Å². The van der Waals surface area contributed by atoms with Gasteiger partial charge in [-0.15, -0.1) is 0 Å². The number of benzene rings is 1. The van der Waals surface area contributed by atoms with Gasteiger partial charge in [0.25, 0.3) is 0 Å². The van der Waals surface area contributed by atoms with Crippen LogP contribution in [0.1, 0.15) is 83.6 Å². The Kier molecular flexibility index (Phi) is 10.6. The van der Waals surface area contributed by atoms with Crippen molar-refractivity contribution in [1.82, 2.24) is 10.6 Å². The first kappa shape index (κ1) is 31.2. The number of hydrogen-bond acceptors (Lipinski definition) is 7. The number of aliphatic hydroxyl groups is 1. The van der Waals surface area contributed by atoms with Gasteiger partial charge in [-0.05, 0) is 76.0 Å². The molecule has 0 spiro atoms. The van der Waals surface area contributed by atoms with E-state index in [2.05, 4.69) is 10.6 Å². The number of carbonyl (C=O) groups excluding carboxylic acids is 4. The van der Waals surface area contributed by atoms with Gasteiger partial charge in [0.1, 0.15) is 11.4 Å². The molecule has 41 heavy (non-hydrogen) atoms. The number of ether oxygens (including phenoxy) is 2. The summed E-state index contributed by atoms with van der Waals surface area (Å²) < 4.78 is 10.7. The summed E-state index contributed by atoms with van der Waals surface area (Å²) in [7, 11) is 1.58. The third kappa shape index (κ3) is 8.61. The number of nitrogens with one attached hydrogen (secondary N) is 2. The number of Topliss-reactive ketones (excluding diaryl/α,β-unsaturated/α-hetero) is 2. The van der Waals surface area contributed by atoms with Crippen molar-refractivity contribution in [3.05, 3.63) is 29.8 Å². The number of methoxy groups -OCH3 is 1. The summed E-state index contributed by atoms with van der Waals surface area (Å²) in [5, 5.41) is 15.6. The number of rotatable bonds is 14. The molecule has 2 saturated carbocycles. The van der Waals surface area contributed by atoms with Gasteiger partial charge in [0, 0.05) is 18.3 Å². The first-order chi connectivity index (χ1) is 19.6. The zero-order chi connectivity index (χ0) is 29.6. The van der Waals surface area contributed by atoms with Gasteiger partial charge < -0.3 is 25.2 Å². The normalized spacial score (nSPS) is 26.4. The molecule has 4 atom stereocenters. The lowest BCUT2D eigenvalue weighted by molar-refractivity contribution is -0.135. The molecular formula is C32H46N2O7. The first-order valence-corrected chi connectivity index (χ1v) is 15.2. The lowest BCUT2D eigenvalue weighted by Crippen LogP contribution is -2.50. The molecule has 226 valence electrons. The van der Waals surface area contributed by atoms with Gasteiger partial charge in [-0.1, -0.05) is 37.8 Å². The number of hydrogen-bond donors (Lipinski definition) is 3. The summed E-state index contributed by atoms with van der Waals surface area (Å²) >= 11 is 0. The second-order valence-corrected chi connectivity index (χ2v) is 12.5. The summed E-state index contributed by atoms with van der Waals surface area (Å²) in [6.45, 7) is 3.77. The van der Waals surface area contributed by atoms with E-state index in [-0.39, 0.29) is 41.8 Å². The van der Waals surface area contributed by atoms with Crippen molar-refractivity contribution in [1.29, 1.82) is 0 Å². The number of epoxide rings is 1. The van der Waals surface area contributed by atoms with Crippen molar-refractivity contribution in [3.8, 4) is 5.75 Å². The molecule has 3 fully saturated rings. The molecule has 0 radical (unpaired) electrons. The van der Waals surface area contributed by atoms with Crippen LogP contribution in [0.25, 0.3) is 0 Å². The molecule has 1 heterocycles. The van der Waals surface area contributed by atoms with Crippen LogP contribution >= 0.6 is 0 Å². The van der Waals surface area contributed by atoms with Crippen LogP contribution in [0.15, 0.2) is 24.3 Å². The molecular weight excluding hydrogens is 524 g/mol. The van der Waals surface area contributed by atoms with Crippen LogP contribution in [0, 0.1) is 17.8 Å². The minimum absolute atomic E-state index is 0.0687. The van der Waals surface area contributed by atoms with E-state index in [0.717, 1.165) is 31.2 Å². The molecule has 4 rings (SSSR count). The van der Waals surface area contributed by atoms with Gasteiger partial charge in [-0.25, -0.2) is 0 Å². The maximum atomic E-state index is 13.8. The van der Waals surface area contributed by atoms with E-state index in [1.165, 1.54) is 0 Å². The van der Waals surface area contributed by atoms with Gasteiger partial charge in [0.2, 0.25) is 11.8 Å². The average molecular weight is 571 g/mol. The highest BCUT2D eigenvalue weighted by atomic mass is 16.6. The molecule has 2 amide bonds. The molecule has 2 aliphatic carbocycles. The maximum absolute atomic E-state index is 13.8.